The molecule has 0 aliphatic rings. The quantitative estimate of drug-likeness (QED) is 0.789. The Morgan fingerprint density at radius 2 is 2.05 bits per heavy atom. The lowest BCUT2D eigenvalue weighted by Crippen LogP contribution is -2.12. The molecule has 0 bridgehead atoms. The van der Waals surface area contributed by atoms with Gasteiger partial charge in [-0.05, 0) is 45.0 Å². The third-order valence-electron chi connectivity index (χ3n) is 3.12. The molecule has 0 aliphatic heterocycles. The number of carbonyl (C=O) groups excluding carboxylic acids is 1. The van der Waals surface area contributed by atoms with Crippen molar-refractivity contribution in [1.82, 2.24) is 5.16 Å². The van der Waals surface area contributed by atoms with Crippen LogP contribution < -0.4 is 4.74 Å². The summed E-state index contributed by atoms with van der Waals surface area (Å²) >= 11 is 0. The zero-order chi connectivity index (χ0) is 16.1. The van der Waals surface area contributed by atoms with Crippen LogP contribution in [0.25, 0.3) is 0 Å². The van der Waals surface area contributed by atoms with Crippen molar-refractivity contribution in [1.29, 1.82) is 5.26 Å². The van der Waals surface area contributed by atoms with Crippen molar-refractivity contribution in [2.24, 2.45) is 0 Å². The van der Waals surface area contributed by atoms with Crippen LogP contribution in [-0.2, 0) is 11.3 Å². The molecule has 0 amide bonds. The first-order chi connectivity index (χ1) is 10.5. The van der Waals surface area contributed by atoms with E-state index in [0.29, 0.717) is 17.9 Å². The number of ether oxygens (including phenoxy) is 2. The maximum absolute atomic E-state index is 11.7. The molecule has 22 heavy (non-hydrogen) atoms. The standard InChI is InChI=1S/C16H16N2O4/c1-10(8-17)21-16(19)13-4-6-14(7-5-13)20-9-15-11(2)18-22-12(15)3/h4-7,10H,9H2,1-3H3/t10-/m1/s1. The number of hydrogen-bond acceptors (Lipinski definition) is 6. The summed E-state index contributed by atoms with van der Waals surface area (Å²) in [7, 11) is 0. The van der Waals surface area contributed by atoms with Crippen LogP contribution in [0.1, 0.15) is 34.3 Å². The molecule has 1 atom stereocenters. The van der Waals surface area contributed by atoms with Gasteiger partial charge in [-0.3, -0.25) is 0 Å². The Hall–Kier alpha value is -2.81. The van der Waals surface area contributed by atoms with Crippen LogP contribution in [0.4, 0.5) is 0 Å². The van der Waals surface area contributed by atoms with Gasteiger partial charge in [0, 0.05) is 0 Å². The Kier molecular flexibility index (Phi) is 4.79. The molecule has 114 valence electrons. The van der Waals surface area contributed by atoms with Crippen molar-refractivity contribution in [3.63, 3.8) is 0 Å². The number of rotatable bonds is 5. The van der Waals surface area contributed by atoms with E-state index >= 15 is 0 Å². The van der Waals surface area contributed by atoms with Crippen molar-refractivity contribution in [3.05, 3.63) is 46.8 Å². The summed E-state index contributed by atoms with van der Waals surface area (Å²) in [6, 6.07) is 8.37. The van der Waals surface area contributed by atoms with Gasteiger partial charge in [0.2, 0.25) is 0 Å². The van der Waals surface area contributed by atoms with Gasteiger partial charge in [0.15, 0.2) is 6.10 Å². The Bertz CT molecular complexity index is 678. The van der Waals surface area contributed by atoms with Crippen LogP contribution in [0.15, 0.2) is 28.8 Å². The second-order valence-corrected chi connectivity index (χ2v) is 4.79. The first-order valence-corrected chi connectivity index (χ1v) is 6.76. The van der Waals surface area contributed by atoms with Gasteiger partial charge in [0.05, 0.1) is 16.8 Å². The summed E-state index contributed by atoms with van der Waals surface area (Å²) in [6.45, 7) is 5.54. The average molecular weight is 300 g/mol. The van der Waals surface area contributed by atoms with Gasteiger partial charge >= 0.3 is 5.97 Å². The van der Waals surface area contributed by atoms with Gasteiger partial charge in [-0.1, -0.05) is 5.16 Å². The van der Waals surface area contributed by atoms with Crippen LogP contribution >= 0.6 is 0 Å². The number of aromatic nitrogens is 1. The lowest BCUT2D eigenvalue weighted by molar-refractivity contribution is 0.0435. The van der Waals surface area contributed by atoms with Gasteiger partial charge < -0.3 is 14.0 Å². The highest BCUT2D eigenvalue weighted by Gasteiger charge is 2.12. The van der Waals surface area contributed by atoms with Gasteiger partial charge in [0.25, 0.3) is 0 Å². The molecule has 0 spiro atoms. The van der Waals surface area contributed by atoms with Crippen molar-refractivity contribution in [2.75, 3.05) is 0 Å². The van der Waals surface area contributed by atoms with Crippen molar-refractivity contribution in [2.45, 2.75) is 33.5 Å². The molecule has 1 aromatic heterocycles. The average Bonchev–Trinajstić information content (AvgIpc) is 2.84. The van der Waals surface area contributed by atoms with Crippen molar-refractivity contribution >= 4 is 5.97 Å². The second-order valence-electron chi connectivity index (χ2n) is 4.79. The first-order valence-electron chi connectivity index (χ1n) is 6.76. The summed E-state index contributed by atoms with van der Waals surface area (Å²) in [5, 5.41) is 12.5. The first kappa shape index (κ1) is 15.6. The summed E-state index contributed by atoms with van der Waals surface area (Å²) in [5.41, 5.74) is 2.07. The lowest BCUT2D eigenvalue weighted by atomic mass is 10.2. The minimum Gasteiger partial charge on any atom is -0.489 e. The molecular formula is C16H16N2O4. The van der Waals surface area contributed by atoms with E-state index in [1.54, 1.807) is 24.3 Å². The number of benzene rings is 1. The normalized spacial score (nSPS) is 11.5. The van der Waals surface area contributed by atoms with E-state index in [9.17, 15) is 4.79 Å². The zero-order valence-corrected chi connectivity index (χ0v) is 12.6. The summed E-state index contributed by atoms with van der Waals surface area (Å²) in [5.74, 6) is 0.805. The van der Waals surface area contributed by atoms with E-state index in [1.807, 2.05) is 19.9 Å². The molecule has 2 rings (SSSR count). The lowest BCUT2D eigenvalue weighted by Gasteiger charge is -2.08. The molecule has 1 heterocycles. The van der Waals surface area contributed by atoms with Crippen LogP contribution in [-0.4, -0.2) is 17.2 Å². The number of nitrogens with zero attached hydrogens (tertiary/aromatic N) is 2. The molecule has 6 heteroatoms. The molecule has 6 nitrogen and oxygen atoms in total. The van der Waals surface area contributed by atoms with E-state index in [-0.39, 0.29) is 0 Å². The fraction of sp³-hybridized carbons (Fsp3) is 0.312. The zero-order valence-electron chi connectivity index (χ0n) is 12.6. The van der Waals surface area contributed by atoms with E-state index in [0.717, 1.165) is 17.0 Å². The SMILES string of the molecule is Cc1noc(C)c1COc1ccc(C(=O)O[C@H](C)C#N)cc1. The molecule has 0 saturated heterocycles. The van der Waals surface area contributed by atoms with Crippen LogP contribution in [0.5, 0.6) is 5.75 Å². The number of carbonyl (C=O) groups is 1. The molecule has 0 unspecified atom stereocenters. The molecule has 0 fully saturated rings. The molecular weight excluding hydrogens is 284 g/mol. The van der Waals surface area contributed by atoms with Gasteiger partial charge in [-0.25, -0.2) is 4.79 Å². The second kappa shape index (κ2) is 6.76. The predicted octanol–water partition coefficient (Wildman–Crippen LogP) is 2.94. The third-order valence-corrected chi connectivity index (χ3v) is 3.12. The van der Waals surface area contributed by atoms with Crippen molar-refractivity contribution < 1.29 is 18.8 Å². The fourth-order valence-electron chi connectivity index (χ4n) is 1.81. The number of nitriles is 1. The van der Waals surface area contributed by atoms with E-state index < -0.39 is 12.1 Å². The van der Waals surface area contributed by atoms with E-state index in [1.165, 1.54) is 6.92 Å². The molecule has 0 saturated carbocycles. The summed E-state index contributed by atoms with van der Waals surface area (Å²) in [6.07, 6.45) is -0.775. The minimum absolute atomic E-state index is 0.344. The molecule has 2 aromatic rings. The highest BCUT2D eigenvalue weighted by molar-refractivity contribution is 5.89. The Balaban J connectivity index is 1.98. The third kappa shape index (κ3) is 3.64. The maximum atomic E-state index is 11.7. The molecule has 1 aromatic carbocycles. The highest BCUT2D eigenvalue weighted by Crippen LogP contribution is 2.18. The van der Waals surface area contributed by atoms with Crippen molar-refractivity contribution in [3.8, 4) is 11.8 Å². The maximum Gasteiger partial charge on any atom is 0.339 e. The Morgan fingerprint density at radius 1 is 1.36 bits per heavy atom. The van der Waals surface area contributed by atoms with E-state index in [4.69, 9.17) is 19.3 Å². The Labute approximate surface area is 128 Å². The fourth-order valence-corrected chi connectivity index (χ4v) is 1.81. The molecule has 0 N–H and O–H groups in total. The number of esters is 1. The predicted molar refractivity (Wildman–Crippen MR) is 77.2 cm³/mol. The van der Waals surface area contributed by atoms with Crippen LogP contribution in [0, 0.1) is 25.2 Å². The molecule has 0 radical (unpaired) electrons. The van der Waals surface area contributed by atoms with E-state index in [2.05, 4.69) is 5.16 Å². The topological polar surface area (TPSA) is 85.3 Å². The van der Waals surface area contributed by atoms with Gasteiger partial charge in [-0.2, -0.15) is 5.26 Å². The highest BCUT2D eigenvalue weighted by atomic mass is 16.5. The van der Waals surface area contributed by atoms with Gasteiger partial charge in [-0.15, -0.1) is 0 Å². The largest absolute Gasteiger partial charge is 0.489 e. The van der Waals surface area contributed by atoms with Gasteiger partial charge in [0.1, 0.15) is 24.2 Å². The minimum atomic E-state index is -0.775. The number of hydrogen-bond donors (Lipinski definition) is 0. The molecule has 0 aliphatic carbocycles. The monoisotopic (exact) mass is 300 g/mol. The summed E-state index contributed by atoms with van der Waals surface area (Å²) in [4.78, 5) is 11.7. The Morgan fingerprint density at radius 3 is 2.59 bits per heavy atom. The van der Waals surface area contributed by atoms with Crippen LogP contribution in [0.3, 0.4) is 0 Å². The summed E-state index contributed by atoms with van der Waals surface area (Å²) < 4.78 is 15.6. The van der Waals surface area contributed by atoms with Crippen LogP contribution in [0.2, 0.25) is 0 Å². The smallest absolute Gasteiger partial charge is 0.339 e. The number of aryl methyl sites for hydroxylation is 2.